The third-order valence-electron chi connectivity index (χ3n) is 12.0. The second-order valence-corrected chi connectivity index (χ2v) is 20.5. The molecule has 0 fully saturated rings. The number of aliphatic carboxylic acids is 1. The highest BCUT2D eigenvalue weighted by Crippen LogP contribution is 2.13. The van der Waals surface area contributed by atoms with Gasteiger partial charge in [0, 0.05) is 12.8 Å². The number of ether oxygens (including phenoxy) is 4. The van der Waals surface area contributed by atoms with Gasteiger partial charge in [0.2, 0.25) is 0 Å². The minimum absolute atomic E-state index is 0.129. The summed E-state index contributed by atoms with van der Waals surface area (Å²) in [5, 5.41) is 11.8. The SMILES string of the molecule is CC/C=C\C/C=C\C/C=C\C/C=C\C/C=C\C/C=C\C/C=C\C/C=C\CCCCCCC(=O)OC(COC(=O)CCCCCCCC/C=C\C/C=C\C/C=C\C/C=C\C/C=C\C/C=C\CC)COC(OCC[N+](C)(C)C)C(=O)[O-]. The number of carboxylic acids is 1. The normalized spacial score (nSPS) is 14.0. The first-order chi connectivity index (χ1) is 38.6. The summed E-state index contributed by atoms with van der Waals surface area (Å²) < 4.78 is 22.7. The molecular weight excluding hydrogens is 983 g/mol. The van der Waals surface area contributed by atoms with Crippen molar-refractivity contribution in [2.45, 2.75) is 206 Å². The van der Waals surface area contributed by atoms with Crippen LogP contribution in [0.3, 0.4) is 0 Å². The predicted molar refractivity (Wildman–Crippen MR) is 333 cm³/mol. The summed E-state index contributed by atoms with van der Waals surface area (Å²) >= 11 is 0. The minimum Gasteiger partial charge on any atom is -0.545 e. The second-order valence-electron chi connectivity index (χ2n) is 20.5. The van der Waals surface area contributed by atoms with E-state index in [0.717, 1.165) is 154 Å². The lowest BCUT2D eigenvalue weighted by Gasteiger charge is -2.26. The summed E-state index contributed by atoms with van der Waals surface area (Å²) in [6, 6.07) is 0. The number of carbonyl (C=O) groups is 3. The van der Waals surface area contributed by atoms with Crippen molar-refractivity contribution in [3.05, 3.63) is 170 Å². The maximum absolute atomic E-state index is 12.9. The molecule has 0 aliphatic carbocycles. The Morgan fingerprint density at radius 2 is 0.684 bits per heavy atom. The second kappa shape index (κ2) is 58.8. The Hall–Kier alpha value is -5.35. The molecule has 0 N–H and O–H groups in total. The highest BCUT2D eigenvalue weighted by atomic mass is 16.7. The molecule has 0 rings (SSSR count). The molecule has 0 saturated heterocycles. The topological polar surface area (TPSA) is 111 Å². The van der Waals surface area contributed by atoms with E-state index in [-0.39, 0.29) is 38.6 Å². The van der Waals surface area contributed by atoms with Crippen LogP contribution in [0.2, 0.25) is 0 Å². The number of rotatable bonds is 53. The first-order valence-electron chi connectivity index (χ1n) is 30.3. The summed E-state index contributed by atoms with van der Waals surface area (Å²) in [7, 11) is 5.89. The van der Waals surface area contributed by atoms with Crippen molar-refractivity contribution in [2.75, 3.05) is 47.5 Å². The molecule has 0 saturated carbocycles. The van der Waals surface area contributed by atoms with Crippen LogP contribution in [0.5, 0.6) is 0 Å². The average molecular weight is 1090 g/mol. The van der Waals surface area contributed by atoms with E-state index in [1.165, 1.54) is 0 Å². The monoisotopic (exact) mass is 1090 g/mol. The highest BCUT2D eigenvalue weighted by molar-refractivity contribution is 5.70. The van der Waals surface area contributed by atoms with Gasteiger partial charge in [-0.2, -0.15) is 0 Å². The van der Waals surface area contributed by atoms with Crippen LogP contribution in [0.25, 0.3) is 0 Å². The number of nitrogens with zero attached hydrogens (tertiary/aromatic N) is 1. The Balaban J connectivity index is 4.39. The van der Waals surface area contributed by atoms with Crippen LogP contribution >= 0.6 is 0 Å². The van der Waals surface area contributed by atoms with Crippen molar-refractivity contribution in [2.24, 2.45) is 0 Å². The molecule has 0 aromatic heterocycles. The van der Waals surface area contributed by atoms with Crippen LogP contribution in [0.4, 0.5) is 0 Å². The number of carbonyl (C=O) groups excluding carboxylic acids is 3. The van der Waals surface area contributed by atoms with Gasteiger partial charge in [0.1, 0.15) is 13.2 Å². The van der Waals surface area contributed by atoms with Crippen molar-refractivity contribution < 1.29 is 42.9 Å². The molecule has 0 aromatic carbocycles. The summed E-state index contributed by atoms with van der Waals surface area (Å²) in [6.45, 7) is 4.44. The first-order valence-corrected chi connectivity index (χ1v) is 30.3. The predicted octanol–water partition coefficient (Wildman–Crippen LogP) is 17.0. The number of quaternary nitrogens is 1. The van der Waals surface area contributed by atoms with E-state index in [2.05, 4.69) is 184 Å². The van der Waals surface area contributed by atoms with Crippen LogP contribution in [0.1, 0.15) is 194 Å². The molecule has 9 nitrogen and oxygen atoms in total. The third-order valence-corrected chi connectivity index (χ3v) is 12.0. The van der Waals surface area contributed by atoms with E-state index in [1.807, 2.05) is 21.1 Å². The van der Waals surface area contributed by atoms with Crippen LogP contribution in [-0.2, 0) is 33.3 Å². The quantitative estimate of drug-likeness (QED) is 0.0195. The fourth-order valence-electron chi connectivity index (χ4n) is 7.38. The summed E-state index contributed by atoms with van der Waals surface area (Å²) in [5.74, 6) is -2.36. The lowest BCUT2D eigenvalue weighted by Crippen LogP contribution is -2.44. The van der Waals surface area contributed by atoms with Gasteiger partial charge in [-0.3, -0.25) is 9.59 Å². The maximum atomic E-state index is 12.9. The van der Waals surface area contributed by atoms with Crippen molar-refractivity contribution in [1.82, 2.24) is 0 Å². The highest BCUT2D eigenvalue weighted by Gasteiger charge is 2.22. The van der Waals surface area contributed by atoms with Crippen LogP contribution in [0.15, 0.2) is 170 Å². The number of esters is 2. The molecule has 0 aliphatic rings. The molecule has 0 bridgehead atoms. The molecule has 2 atom stereocenters. The third kappa shape index (κ3) is 60.1. The number of hydrogen-bond acceptors (Lipinski definition) is 8. The van der Waals surface area contributed by atoms with Crippen LogP contribution < -0.4 is 5.11 Å². The summed E-state index contributed by atoms with van der Waals surface area (Å²) in [4.78, 5) is 37.4. The van der Waals surface area contributed by atoms with Gasteiger partial charge in [-0.15, -0.1) is 0 Å². The molecule has 79 heavy (non-hydrogen) atoms. The Kier molecular flexibility index (Phi) is 54.8. The van der Waals surface area contributed by atoms with E-state index in [9.17, 15) is 19.5 Å². The average Bonchev–Trinajstić information content (AvgIpc) is 3.42. The zero-order valence-electron chi connectivity index (χ0n) is 50.2. The van der Waals surface area contributed by atoms with E-state index in [1.54, 1.807) is 0 Å². The van der Waals surface area contributed by atoms with E-state index in [0.29, 0.717) is 23.9 Å². The molecule has 0 aliphatic heterocycles. The van der Waals surface area contributed by atoms with Gasteiger partial charge in [-0.1, -0.05) is 223 Å². The van der Waals surface area contributed by atoms with Gasteiger partial charge in [-0.25, -0.2) is 0 Å². The molecular formula is C70H109NO8. The molecule has 2 unspecified atom stereocenters. The number of hydrogen-bond donors (Lipinski definition) is 0. The van der Waals surface area contributed by atoms with E-state index in [4.69, 9.17) is 18.9 Å². The molecule has 0 spiro atoms. The number of unbranched alkanes of at least 4 members (excludes halogenated alkanes) is 10. The molecule has 0 aromatic rings. The molecule has 0 radical (unpaired) electrons. The summed E-state index contributed by atoms with van der Waals surface area (Å²) in [6.07, 6.45) is 85.4. The Morgan fingerprint density at radius 3 is 1.01 bits per heavy atom. The number of allylic oxidation sites excluding steroid dienone is 28. The standard InChI is InChI=1S/C70H109NO8/c1-6-8-10-12-14-16-18-20-22-24-26-28-30-32-33-34-35-37-39-41-43-45-47-49-51-53-55-57-59-61-68(73)79-66(65-78-70(69(74)75)76-63-62-71(3,4)5)64-77-67(72)60-58-56-54-52-50-48-46-44-42-40-38-36-31-29-27-25-23-21-19-17-15-13-11-9-7-2/h8-11,14-17,20-23,26-29,32-33,35-38,41-44,47,49,66,70H,6-7,12-13,18-19,24-25,30-31,34,39-40,45-46,48,50-65H2,1-5H3/b10-8-,11-9-,16-14-,17-15-,22-20-,23-21-,28-26-,29-27-,33-32-,37-35-,38-36-,43-41-,44-42-,49-47-. The fraction of sp³-hybridized carbons (Fsp3) is 0.557. The van der Waals surface area contributed by atoms with E-state index < -0.39 is 24.3 Å². The van der Waals surface area contributed by atoms with Gasteiger partial charge in [0.25, 0.3) is 0 Å². The fourth-order valence-corrected chi connectivity index (χ4v) is 7.38. The van der Waals surface area contributed by atoms with Gasteiger partial charge >= 0.3 is 11.9 Å². The van der Waals surface area contributed by atoms with Crippen molar-refractivity contribution in [1.29, 1.82) is 0 Å². The first kappa shape index (κ1) is 73.7. The minimum atomic E-state index is -1.65. The largest absolute Gasteiger partial charge is 0.545 e. The van der Waals surface area contributed by atoms with Gasteiger partial charge in [-0.05, 0) is 128 Å². The lowest BCUT2D eigenvalue weighted by atomic mass is 10.1. The smallest absolute Gasteiger partial charge is 0.306 e. The Bertz CT molecular complexity index is 1900. The van der Waals surface area contributed by atoms with Crippen molar-refractivity contribution in [3.8, 4) is 0 Å². The van der Waals surface area contributed by atoms with Gasteiger partial charge in [0.15, 0.2) is 12.4 Å². The van der Waals surface area contributed by atoms with Gasteiger partial charge in [0.05, 0.1) is 40.3 Å². The number of likely N-dealkylation sites (N-methyl/N-ethyl adjacent to an activating group) is 1. The Labute approximate surface area is 482 Å². The molecule has 9 heteroatoms. The van der Waals surface area contributed by atoms with Crippen LogP contribution in [-0.4, -0.2) is 82.3 Å². The number of carboxylic acid groups (broad SMARTS) is 1. The van der Waals surface area contributed by atoms with Crippen molar-refractivity contribution >= 4 is 17.9 Å². The zero-order valence-corrected chi connectivity index (χ0v) is 50.2. The zero-order chi connectivity index (χ0) is 57.6. The van der Waals surface area contributed by atoms with E-state index >= 15 is 0 Å². The maximum Gasteiger partial charge on any atom is 0.306 e. The molecule has 0 heterocycles. The van der Waals surface area contributed by atoms with Crippen molar-refractivity contribution in [3.63, 3.8) is 0 Å². The molecule has 442 valence electrons. The Morgan fingerprint density at radius 1 is 0.380 bits per heavy atom. The van der Waals surface area contributed by atoms with Crippen LogP contribution in [0, 0.1) is 0 Å². The molecule has 0 amide bonds. The lowest BCUT2D eigenvalue weighted by molar-refractivity contribution is -0.870. The summed E-state index contributed by atoms with van der Waals surface area (Å²) in [5.41, 5.74) is 0. The van der Waals surface area contributed by atoms with Gasteiger partial charge < -0.3 is 33.3 Å².